The molecule has 0 spiro atoms. The molecule has 4 rings (SSSR count). The smallest absolute Gasteiger partial charge is 0.257 e. The van der Waals surface area contributed by atoms with Crippen molar-refractivity contribution in [3.05, 3.63) is 78.1 Å². The topological polar surface area (TPSA) is 71.4 Å². The first-order valence-electron chi connectivity index (χ1n) is 9.42. The Hall–Kier alpha value is -3.32. The van der Waals surface area contributed by atoms with Crippen LogP contribution in [-0.4, -0.2) is 42.2 Å². The van der Waals surface area contributed by atoms with E-state index >= 15 is 0 Å². The average Bonchev–Trinajstić information content (AvgIpc) is 3.48. The number of hydrogen-bond donors (Lipinski definition) is 0. The van der Waals surface area contributed by atoms with Crippen LogP contribution >= 0.6 is 0 Å². The summed E-state index contributed by atoms with van der Waals surface area (Å²) in [4.78, 5) is 15.0. The fourth-order valence-electron chi connectivity index (χ4n) is 3.43. The van der Waals surface area contributed by atoms with Gasteiger partial charge in [0.05, 0.1) is 38.4 Å². The van der Waals surface area contributed by atoms with Crippen LogP contribution in [0.25, 0.3) is 0 Å². The number of carbonyl (C=O) groups excluding carboxylic acids is 1. The van der Waals surface area contributed by atoms with Crippen LogP contribution in [0, 0.1) is 0 Å². The largest absolute Gasteiger partial charge is 0.497 e. The first-order chi connectivity index (χ1) is 14.1. The molecule has 29 heavy (non-hydrogen) atoms. The lowest BCUT2D eigenvalue weighted by atomic mass is 10.0. The minimum Gasteiger partial charge on any atom is -0.497 e. The Balaban J connectivity index is 1.53. The van der Waals surface area contributed by atoms with Crippen molar-refractivity contribution in [1.82, 2.24) is 9.91 Å². The van der Waals surface area contributed by atoms with Crippen LogP contribution in [0.15, 0.2) is 75.0 Å². The summed E-state index contributed by atoms with van der Waals surface area (Å²) in [5.41, 5.74) is 1.80. The second kappa shape index (κ2) is 8.36. The molecule has 3 aromatic rings. The predicted octanol–water partition coefficient (Wildman–Crippen LogP) is 3.69. The van der Waals surface area contributed by atoms with E-state index in [1.807, 2.05) is 60.5 Å². The summed E-state index contributed by atoms with van der Waals surface area (Å²) in [6.45, 7) is 0.768. The monoisotopic (exact) mass is 393 g/mol. The zero-order valence-corrected chi connectivity index (χ0v) is 16.4. The Morgan fingerprint density at radius 2 is 1.93 bits per heavy atom. The molecule has 0 radical (unpaired) electrons. The number of methoxy groups -OCH3 is 1. The normalized spacial score (nSPS) is 16.3. The van der Waals surface area contributed by atoms with E-state index in [9.17, 15) is 4.79 Å². The Bertz CT molecular complexity index is 962. The van der Waals surface area contributed by atoms with E-state index in [1.54, 1.807) is 19.6 Å². The molecule has 0 N–H and O–H groups in total. The van der Waals surface area contributed by atoms with Crippen molar-refractivity contribution in [2.75, 3.05) is 20.7 Å². The molecular weight excluding hydrogens is 370 g/mol. The van der Waals surface area contributed by atoms with Crippen LogP contribution in [0.3, 0.4) is 0 Å². The van der Waals surface area contributed by atoms with Crippen molar-refractivity contribution >= 4 is 11.6 Å². The lowest BCUT2D eigenvalue weighted by molar-refractivity contribution is -0.134. The van der Waals surface area contributed by atoms with Gasteiger partial charge in [0.25, 0.3) is 5.91 Å². The Morgan fingerprint density at radius 1 is 1.17 bits per heavy atom. The van der Waals surface area contributed by atoms with E-state index in [-0.39, 0.29) is 18.5 Å². The number of benzene rings is 1. The molecule has 1 amide bonds. The second-order valence-electron chi connectivity index (χ2n) is 7.00. The maximum atomic E-state index is 13.1. The van der Waals surface area contributed by atoms with Gasteiger partial charge in [-0.15, -0.1) is 0 Å². The number of rotatable bonds is 7. The van der Waals surface area contributed by atoms with Crippen LogP contribution in [0.4, 0.5) is 0 Å². The summed E-state index contributed by atoms with van der Waals surface area (Å²) in [5, 5.41) is 6.19. The summed E-state index contributed by atoms with van der Waals surface area (Å²) in [7, 11) is 3.52. The van der Waals surface area contributed by atoms with Gasteiger partial charge in [-0.1, -0.05) is 0 Å². The molecule has 1 aromatic carbocycles. The van der Waals surface area contributed by atoms with Crippen LogP contribution in [0.5, 0.6) is 5.75 Å². The molecule has 7 heteroatoms. The average molecular weight is 393 g/mol. The highest BCUT2D eigenvalue weighted by Gasteiger charge is 2.35. The minimum atomic E-state index is -0.258. The Morgan fingerprint density at radius 3 is 2.59 bits per heavy atom. The molecular formula is C22H23N3O4. The SMILES string of the molecule is COc1ccc(C2=NN(C(=O)CN(C)Cc3ccco3)[C@H](c3ccco3)C2)cc1. The highest BCUT2D eigenvalue weighted by Crippen LogP contribution is 2.33. The van der Waals surface area contributed by atoms with Crippen LogP contribution in [-0.2, 0) is 11.3 Å². The van der Waals surface area contributed by atoms with Crippen LogP contribution < -0.4 is 4.74 Å². The van der Waals surface area contributed by atoms with Gasteiger partial charge in [0.2, 0.25) is 0 Å². The van der Waals surface area contributed by atoms with E-state index in [2.05, 4.69) is 5.10 Å². The number of nitrogens with zero attached hydrogens (tertiary/aromatic N) is 3. The number of furan rings is 2. The zero-order valence-electron chi connectivity index (χ0n) is 16.4. The van der Waals surface area contributed by atoms with Gasteiger partial charge >= 0.3 is 0 Å². The number of ether oxygens (including phenoxy) is 1. The summed E-state index contributed by atoms with van der Waals surface area (Å²) in [6.07, 6.45) is 3.84. The fourth-order valence-corrected chi connectivity index (χ4v) is 3.43. The van der Waals surface area contributed by atoms with Gasteiger partial charge in [0.1, 0.15) is 23.3 Å². The van der Waals surface area contributed by atoms with E-state index in [0.29, 0.717) is 13.0 Å². The molecule has 0 aliphatic carbocycles. The zero-order chi connectivity index (χ0) is 20.2. The van der Waals surface area contributed by atoms with Gasteiger partial charge < -0.3 is 13.6 Å². The number of carbonyl (C=O) groups is 1. The molecule has 3 heterocycles. The number of hydrogen-bond acceptors (Lipinski definition) is 6. The molecule has 0 unspecified atom stereocenters. The number of hydrazone groups is 1. The van der Waals surface area contributed by atoms with Crippen molar-refractivity contribution in [2.45, 2.75) is 19.0 Å². The molecule has 7 nitrogen and oxygen atoms in total. The summed E-state index contributed by atoms with van der Waals surface area (Å²) in [6, 6.07) is 14.9. The molecule has 0 fully saturated rings. The molecule has 150 valence electrons. The predicted molar refractivity (Wildman–Crippen MR) is 107 cm³/mol. The summed E-state index contributed by atoms with van der Waals surface area (Å²) >= 11 is 0. The first kappa shape index (κ1) is 19.0. The first-order valence-corrected chi connectivity index (χ1v) is 9.42. The number of likely N-dealkylation sites (N-methyl/N-ethyl adjacent to an activating group) is 1. The quantitative estimate of drug-likeness (QED) is 0.612. The van der Waals surface area contributed by atoms with E-state index in [1.165, 1.54) is 5.01 Å². The maximum absolute atomic E-state index is 13.1. The molecule has 1 aliphatic rings. The van der Waals surface area contributed by atoms with E-state index in [0.717, 1.165) is 28.5 Å². The van der Waals surface area contributed by atoms with Crippen LogP contribution in [0.1, 0.15) is 29.5 Å². The fraction of sp³-hybridized carbons (Fsp3) is 0.273. The van der Waals surface area contributed by atoms with Crippen molar-refractivity contribution in [3.8, 4) is 5.75 Å². The van der Waals surface area contributed by atoms with Gasteiger partial charge in [0.15, 0.2) is 0 Å². The third kappa shape index (κ3) is 4.25. The third-order valence-electron chi connectivity index (χ3n) is 4.87. The van der Waals surface area contributed by atoms with E-state index in [4.69, 9.17) is 13.6 Å². The molecule has 1 aliphatic heterocycles. The van der Waals surface area contributed by atoms with E-state index < -0.39 is 0 Å². The number of amides is 1. The Labute approximate surface area is 169 Å². The lowest BCUT2D eigenvalue weighted by Gasteiger charge is -2.22. The van der Waals surface area contributed by atoms with Gasteiger partial charge in [-0.3, -0.25) is 9.69 Å². The summed E-state index contributed by atoms with van der Waals surface area (Å²) in [5.74, 6) is 2.22. The van der Waals surface area contributed by atoms with Gasteiger partial charge in [-0.25, -0.2) is 5.01 Å². The molecule has 0 saturated heterocycles. The van der Waals surface area contributed by atoms with Crippen molar-refractivity contribution in [3.63, 3.8) is 0 Å². The lowest BCUT2D eigenvalue weighted by Crippen LogP contribution is -2.36. The highest BCUT2D eigenvalue weighted by molar-refractivity contribution is 6.03. The van der Waals surface area contributed by atoms with Gasteiger partial charge in [-0.05, 0) is 61.1 Å². The van der Waals surface area contributed by atoms with Gasteiger partial charge in [0, 0.05) is 6.42 Å². The molecule has 2 aromatic heterocycles. The maximum Gasteiger partial charge on any atom is 0.257 e. The second-order valence-corrected chi connectivity index (χ2v) is 7.00. The minimum absolute atomic E-state index is 0.0935. The van der Waals surface area contributed by atoms with Gasteiger partial charge in [-0.2, -0.15) is 5.10 Å². The van der Waals surface area contributed by atoms with Crippen LogP contribution in [0.2, 0.25) is 0 Å². The summed E-state index contributed by atoms with van der Waals surface area (Å²) < 4.78 is 16.2. The molecule has 0 saturated carbocycles. The third-order valence-corrected chi connectivity index (χ3v) is 4.87. The highest BCUT2D eigenvalue weighted by atomic mass is 16.5. The standard InChI is InChI=1S/C22H23N3O4/c1-24(14-18-5-3-11-28-18)15-22(26)25-20(21-6-4-12-29-21)13-19(23-25)16-7-9-17(27-2)10-8-16/h3-12,20H,13-15H2,1-2H3/t20-/m0/s1. The van der Waals surface area contributed by atoms with Crippen molar-refractivity contribution < 1.29 is 18.4 Å². The van der Waals surface area contributed by atoms with Crippen molar-refractivity contribution in [2.24, 2.45) is 5.10 Å². The Kier molecular flexibility index (Phi) is 5.48. The molecule has 0 bridgehead atoms. The molecule has 1 atom stereocenters. The van der Waals surface area contributed by atoms with Crippen molar-refractivity contribution in [1.29, 1.82) is 0 Å².